The summed E-state index contributed by atoms with van der Waals surface area (Å²) in [6.45, 7) is 1.20. The quantitative estimate of drug-likeness (QED) is 0.406. The van der Waals surface area contributed by atoms with E-state index in [1.54, 1.807) is 24.1 Å². The number of benzene rings is 1. The van der Waals surface area contributed by atoms with Crippen molar-refractivity contribution in [1.82, 2.24) is 19.8 Å². The number of methoxy groups -OCH3 is 2. The summed E-state index contributed by atoms with van der Waals surface area (Å²) in [6, 6.07) is 5.86. The highest BCUT2D eigenvalue weighted by molar-refractivity contribution is 6.04. The Balaban J connectivity index is 1.62. The lowest BCUT2D eigenvalue weighted by Gasteiger charge is -2.32. The first-order chi connectivity index (χ1) is 19.3. The van der Waals surface area contributed by atoms with Gasteiger partial charge in [-0.25, -0.2) is 4.39 Å². The first-order valence-corrected chi connectivity index (χ1v) is 12.8. The third-order valence-corrected chi connectivity index (χ3v) is 7.07. The molecule has 0 saturated carbocycles. The number of pyridine rings is 2. The van der Waals surface area contributed by atoms with Crippen LogP contribution in [0.25, 0.3) is 17.2 Å². The standard InChI is InChI=1S/C28H29FN4O7/c1-38-12-9-30-26(35)21-24(34)22-23-25(17(14-31-22)13-16-3-5-18(29)6-4-16)40-20(15-33(23)28(21)37)27(36)32-10-7-19(39-2)8-11-32/h3-6,14-15,19,34H,7-13H2,1-2H3,(H,30,35). The van der Waals surface area contributed by atoms with Gasteiger partial charge in [-0.1, -0.05) is 12.1 Å². The molecule has 2 aliphatic heterocycles. The lowest BCUT2D eigenvalue weighted by Crippen LogP contribution is -2.42. The Bertz CT molecular complexity index is 1540. The van der Waals surface area contributed by atoms with Crippen molar-refractivity contribution in [2.24, 2.45) is 0 Å². The smallest absolute Gasteiger partial charge is 0.291 e. The molecule has 3 aromatic rings. The zero-order valence-electron chi connectivity index (χ0n) is 22.1. The maximum Gasteiger partial charge on any atom is 0.291 e. The number of hydrogen-bond donors (Lipinski definition) is 2. The molecule has 11 nitrogen and oxygen atoms in total. The summed E-state index contributed by atoms with van der Waals surface area (Å²) in [5, 5.41) is 13.5. The highest BCUT2D eigenvalue weighted by Gasteiger charge is 2.33. The number of hydrogen-bond acceptors (Lipinski definition) is 8. The van der Waals surface area contributed by atoms with Crippen LogP contribution in [-0.2, 0) is 20.7 Å². The van der Waals surface area contributed by atoms with Crippen molar-refractivity contribution in [2.45, 2.75) is 25.4 Å². The van der Waals surface area contributed by atoms with Crippen molar-refractivity contribution in [1.29, 1.82) is 0 Å². The summed E-state index contributed by atoms with van der Waals surface area (Å²) >= 11 is 0. The number of amides is 2. The molecule has 4 heterocycles. The number of nitrogens with zero attached hydrogens (tertiary/aromatic N) is 3. The zero-order valence-corrected chi connectivity index (χ0v) is 22.1. The number of nitrogens with one attached hydrogen (secondary N) is 1. The second-order valence-corrected chi connectivity index (χ2v) is 9.58. The largest absolute Gasteiger partial charge is 0.505 e. The fraction of sp³-hybridized carbons (Fsp3) is 0.357. The van der Waals surface area contributed by atoms with E-state index in [-0.39, 0.29) is 54.0 Å². The van der Waals surface area contributed by atoms with Crippen molar-refractivity contribution >= 4 is 29.0 Å². The number of ether oxygens (including phenoxy) is 3. The van der Waals surface area contributed by atoms with Gasteiger partial charge in [-0.15, -0.1) is 0 Å². The maximum atomic E-state index is 13.6. The molecule has 2 amide bonds. The molecule has 0 bridgehead atoms. The van der Waals surface area contributed by atoms with Crippen molar-refractivity contribution in [3.05, 3.63) is 69.1 Å². The predicted molar refractivity (Wildman–Crippen MR) is 143 cm³/mol. The highest BCUT2D eigenvalue weighted by Crippen LogP contribution is 2.38. The van der Waals surface area contributed by atoms with E-state index >= 15 is 0 Å². The minimum absolute atomic E-state index is 0.0435. The van der Waals surface area contributed by atoms with Crippen molar-refractivity contribution < 1.29 is 33.3 Å². The number of aromatic hydroxyl groups is 1. The fourth-order valence-corrected chi connectivity index (χ4v) is 4.91. The Labute approximate surface area is 228 Å². The second kappa shape index (κ2) is 11.4. The molecule has 2 N–H and O–H groups in total. The van der Waals surface area contributed by atoms with Crippen LogP contribution in [0.3, 0.4) is 0 Å². The first kappa shape index (κ1) is 27.3. The normalized spacial score (nSPS) is 15.1. The van der Waals surface area contributed by atoms with Gasteiger partial charge in [0.15, 0.2) is 11.5 Å². The Kier molecular flexibility index (Phi) is 7.81. The molecule has 0 spiro atoms. The Morgan fingerprint density at radius 2 is 1.93 bits per heavy atom. The average molecular weight is 553 g/mol. The SMILES string of the molecule is COCCNC(=O)c1c(O)c2ncc(Cc3ccc(F)cc3)c3c2n(c1=O)C=C(C(=O)N1CCC(OC)CC1)O3. The third kappa shape index (κ3) is 5.15. The summed E-state index contributed by atoms with van der Waals surface area (Å²) in [4.78, 5) is 46.0. The van der Waals surface area contributed by atoms with Gasteiger partial charge in [0.05, 0.1) is 18.9 Å². The van der Waals surface area contributed by atoms with Crippen LogP contribution in [0.5, 0.6) is 11.5 Å². The number of aromatic nitrogens is 2. The van der Waals surface area contributed by atoms with Gasteiger partial charge in [0, 0.05) is 52.0 Å². The number of carbonyl (C=O) groups is 2. The van der Waals surface area contributed by atoms with Crippen LogP contribution in [-0.4, -0.2) is 77.9 Å². The number of piperidine rings is 1. The van der Waals surface area contributed by atoms with Crippen LogP contribution in [0.4, 0.5) is 4.39 Å². The van der Waals surface area contributed by atoms with Gasteiger partial charge in [0.2, 0.25) is 5.76 Å². The molecule has 0 radical (unpaired) electrons. The third-order valence-electron chi connectivity index (χ3n) is 7.07. The van der Waals surface area contributed by atoms with E-state index in [0.29, 0.717) is 31.5 Å². The van der Waals surface area contributed by atoms with Crippen LogP contribution < -0.4 is 15.6 Å². The molecule has 0 aliphatic carbocycles. The molecule has 2 aromatic heterocycles. The van der Waals surface area contributed by atoms with E-state index in [2.05, 4.69) is 10.3 Å². The van der Waals surface area contributed by atoms with Crippen LogP contribution in [0, 0.1) is 5.82 Å². The number of likely N-dealkylation sites (tertiary alicyclic amines) is 1. The maximum absolute atomic E-state index is 13.6. The summed E-state index contributed by atoms with van der Waals surface area (Å²) in [5.41, 5.74) is -0.0461. The van der Waals surface area contributed by atoms with E-state index in [1.165, 1.54) is 31.6 Å². The van der Waals surface area contributed by atoms with E-state index in [0.717, 1.165) is 10.1 Å². The number of halogens is 1. The Hall–Kier alpha value is -4.29. The van der Waals surface area contributed by atoms with Gasteiger partial charge < -0.3 is 29.5 Å². The molecular weight excluding hydrogens is 523 g/mol. The van der Waals surface area contributed by atoms with Crippen LogP contribution in [0.1, 0.15) is 34.3 Å². The van der Waals surface area contributed by atoms with Gasteiger partial charge in [-0.3, -0.25) is 23.9 Å². The van der Waals surface area contributed by atoms with Gasteiger partial charge in [-0.05, 0) is 30.5 Å². The Morgan fingerprint density at radius 1 is 1.20 bits per heavy atom. The molecule has 0 unspecified atom stereocenters. The number of rotatable bonds is 8. The van der Waals surface area contributed by atoms with Crippen LogP contribution in [0.2, 0.25) is 0 Å². The van der Waals surface area contributed by atoms with Crippen molar-refractivity contribution in [3.63, 3.8) is 0 Å². The summed E-state index contributed by atoms with van der Waals surface area (Å²) in [7, 11) is 3.10. The molecule has 210 valence electrons. The molecule has 1 fully saturated rings. The molecule has 40 heavy (non-hydrogen) atoms. The lowest BCUT2D eigenvalue weighted by molar-refractivity contribution is -0.131. The second-order valence-electron chi connectivity index (χ2n) is 9.58. The van der Waals surface area contributed by atoms with Crippen molar-refractivity contribution in [3.8, 4) is 11.5 Å². The van der Waals surface area contributed by atoms with Gasteiger partial charge in [0.1, 0.15) is 22.4 Å². The molecule has 1 saturated heterocycles. The molecule has 0 atom stereocenters. The molecule has 1 aromatic carbocycles. The number of carbonyl (C=O) groups excluding carboxylic acids is 2. The van der Waals surface area contributed by atoms with Crippen molar-refractivity contribution in [2.75, 3.05) is 40.5 Å². The van der Waals surface area contributed by atoms with E-state index in [1.807, 2.05) is 0 Å². The average Bonchev–Trinajstić information content (AvgIpc) is 2.97. The molecule has 12 heteroatoms. The molecule has 2 aliphatic rings. The van der Waals surface area contributed by atoms with Crippen LogP contribution in [0.15, 0.2) is 41.0 Å². The monoisotopic (exact) mass is 552 g/mol. The summed E-state index contributed by atoms with van der Waals surface area (Å²) in [6.07, 6.45) is 4.28. The first-order valence-electron chi connectivity index (χ1n) is 12.8. The van der Waals surface area contributed by atoms with E-state index in [4.69, 9.17) is 14.2 Å². The van der Waals surface area contributed by atoms with E-state index < -0.39 is 28.7 Å². The topological polar surface area (TPSA) is 132 Å². The lowest BCUT2D eigenvalue weighted by atomic mass is 10.0. The fourth-order valence-electron chi connectivity index (χ4n) is 4.91. The van der Waals surface area contributed by atoms with Gasteiger partial charge >= 0.3 is 0 Å². The molecule has 5 rings (SSSR count). The summed E-state index contributed by atoms with van der Waals surface area (Å²) in [5.74, 6) is -2.20. The minimum Gasteiger partial charge on any atom is -0.505 e. The summed E-state index contributed by atoms with van der Waals surface area (Å²) < 4.78 is 31.1. The molecular formula is C28H29FN4O7. The van der Waals surface area contributed by atoms with E-state index in [9.17, 15) is 23.9 Å². The van der Waals surface area contributed by atoms with Crippen LogP contribution >= 0.6 is 0 Å². The highest BCUT2D eigenvalue weighted by atomic mass is 19.1. The zero-order chi connectivity index (χ0) is 28.4. The predicted octanol–water partition coefficient (Wildman–Crippen LogP) is 2.04. The van der Waals surface area contributed by atoms with Gasteiger partial charge in [-0.2, -0.15) is 0 Å². The minimum atomic E-state index is -0.839. The van der Waals surface area contributed by atoms with Gasteiger partial charge in [0.25, 0.3) is 17.4 Å². The Morgan fingerprint density at radius 3 is 2.60 bits per heavy atom.